The Morgan fingerprint density at radius 3 is 2.65 bits per heavy atom. The molecule has 0 saturated heterocycles. The third-order valence-corrected chi connectivity index (χ3v) is 3.57. The topological polar surface area (TPSA) is 99.1 Å². The Morgan fingerprint density at radius 1 is 1.41 bits per heavy atom. The van der Waals surface area contributed by atoms with Gasteiger partial charge in [-0.3, -0.25) is 0 Å². The number of amidine groups is 1. The number of aliphatic imine (C=N–C) groups is 1. The molecule has 1 fully saturated rings. The summed E-state index contributed by atoms with van der Waals surface area (Å²) in [6.45, 7) is 3.59. The van der Waals surface area contributed by atoms with E-state index in [1.165, 1.54) is 0 Å². The summed E-state index contributed by atoms with van der Waals surface area (Å²) in [7, 11) is 0. The van der Waals surface area contributed by atoms with Crippen molar-refractivity contribution in [2.75, 3.05) is 6.61 Å². The molecule has 5 heteroatoms. The fraction of sp³-hybridized carbons (Fsp3) is 0.583. The van der Waals surface area contributed by atoms with Crippen molar-refractivity contribution in [3.63, 3.8) is 0 Å². The van der Waals surface area contributed by atoms with E-state index in [-0.39, 0.29) is 18.4 Å². The summed E-state index contributed by atoms with van der Waals surface area (Å²) in [5, 5.41) is 28.8. The predicted molar refractivity (Wildman–Crippen MR) is 64.2 cm³/mol. The van der Waals surface area contributed by atoms with Gasteiger partial charge in [0.25, 0.3) is 0 Å². The van der Waals surface area contributed by atoms with Crippen LogP contribution in [-0.4, -0.2) is 40.0 Å². The van der Waals surface area contributed by atoms with E-state index in [2.05, 4.69) is 11.6 Å². The fourth-order valence-electron chi connectivity index (χ4n) is 2.57. The van der Waals surface area contributed by atoms with E-state index in [9.17, 15) is 10.2 Å². The van der Waals surface area contributed by atoms with E-state index in [0.29, 0.717) is 24.4 Å². The number of hydrogen-bond donors (Lipinski definition) is 4. The normalized spacial score (nSPS) is 37.9. The first-order valence-electron chi connectivity index (χ1n) is 5.74. The Bertz CT molecular complexity index is 389. The van der Waals surface area contributed by atoms with Gasteiger partial charge in [-0.25, -0.2) is 4.99 Å². The van der Waals surface area contributed by atoms with Crippen LogP contribution >= 0.6 is 0 Å². The lowest BCUT2D eigenvalue weighted by Gasteiger charge is -2.22. The molecule has 1 aliphatic heterocycles. The summed E-state index contributed by atoms with van der Waals surface area (Å²) < 4.78 is 0. The lowest BCUT2D eigenvalue weighted by Crippen LogP contribution is -2.33. The summed E-state index contributed by atoms with van der Waals surface area (Å²) in [6, 6.07) is 0. The molecular weight excluding hydrogens is 220 g/mol. The average molecular weight is 238 g/mol. The zero-order valence-electron chi connectivity index (χ0n) is 9.58. The molecule has 0 aromatic rings. The van der Waals surface area contributed by atoms with Gasteiger partial charge in [-0.2, -0.15) is 0 Å². The second-order valence-corrected chi connectivity index (χ2v) is 4.69. The molecule has 0 radical (unpaired) electrons. The van der Waals surface area contributed by atoms with Gasteiger partial charge in [0.05, 0.1) is 12.2 Å². The van der Waals surface area contributed by atoms with Crippen molar-refractivity contribution in [3.05, 3.63) is 23.9 Å². The lowest BCUT2D eigenvalue weighted by molar-refractivity contribution is -0.00130. The SMILES string of the molecule is C=C1CC=C(C2C[C@H](CO)[C@@H](O)[C@H]2O)C(N)=N1. The Balaban J connectivity index is 2.19. The summed E-state index contributed by atoms with van der Waals surface area (Å²) in [6.07, 6.45) is 1.24. The Morgan fingerprint density at radius 2 is 2.12 bits per heavy atom. The highest BCUT2D eigenvalue weighted by Gasteiger charge is 2.43. The van der Waals surface area contributed by atoms with Crippen molar-refractivity contribution >= 4 is 5.84 Å². The molecule has 94 valence electrons. The molecule has 1 aliphatic carbocycles. The summed E-state index contributed by atoms with van der Waals surface area (Å²) >= 11 is 0. The molecule has 1 unspecified atom stereocenters. The van der Waals surface area contributed by atoms with E-state index in [4.69, 9.17) is 10.8 Å². The third kappa shape index (κ3) is 2.13. The maximum absolute atomic E-state index is 9.96. The first-order chi connectivity index (χ1) is 8.04. The fourth-order valence-corrected chi connectivity index (χ4v) is 2.57. The number of rotatable bonds is 2. The highest BCUT2D eigenvalue weighted by molar-refractivity contribution is 5.99. The van der Waals surface area contributed by atoms with Gasteiger partial charge in [0.1, 0.15) is 5.84 Å². The molecule has 5 N–H and O–H groups in total. The number of aliphatic hydroxyl groups excluding tert-OH is 3. The molecule has 0 aromatic heterocycles. The highest BCUT2D eigenvalue weighted by atomic mass is 16.3. The lowest BCUT2D eigenvalue weighted by atomic mass is 9.91. The van der Waals surface area contributed by atoms with Crippen LogP contribution in [0.1, 0.15) is 12.8 Å². The highest BCUT2D eigenvalue weighted by Crippen LogP contribution is 2.37. The predicted octanol–water partition coefficient (Wildman–Crippen LogP) is -0.462. The van der Waals surface area contributed by atoms with Crippen LogP contribution in [-0.2, 0) is 0 Å². The second-order valence-electron chi connectivity index (χ2n) is 4.69. The van der Waals surface area contributed by atoms with Crippen LogP contribution in [0.25, 0.3) is 0 Å². The van der Waals surface area contributed by atoms with E-state index in [1.807, 2.05) is 6.08 Å². The van der Waals surface area contributed by atoms with Crippen molar-refractivity contribution < 1.29 is 15.3 Å². The molecule has 1 saturated carbocycles. The molecule has 1 heterocycles. The van der Waals surface area contributed by atoms with Gasteiger partial charge in [-0.05, 0) is 12.0 Å². The minimum Gasteiger partial charge on any atom is -0.396 e. The first kappa shape index (κ1) is 12.3. The number of nitrogens with zero attached hydrogens (tertiary/aromatic N) is 1. The molecule has 2 aliphatic rings. The maximum Gasteiger partial charge on any atom is 0.126 e. The van der Waals surface area contributed by atoms with Crippen LogP contribution in [0.4, 0.5) is 0 Å². The standard InChI is InChI=1S/C12H18N2O3/c1-6-2-3-8(12(13)14-6)9-4-7(5-15)10(16)11(9)17/h3,7,9-11,15-17H,1-2,4-5H2,(H2,13,14)/t7-,9?,10-,11+/m1/s1. The van der Waals surface area contributed by atoms with Crippen LogP contribution in [0.3, 0.4) is 0 Å². The van der Waals surface area contributed by atoms with Gasteiger partial charge in [0.2, 0.25) is 0 Å². The van der Waals surface area contributed by atoms with E-state index >= 15 is 0 Å². The molecule has 2 rings (SSSR count). The summed E-state index contributed by atoms with van der Waals surface area (Å²) in [4.78, 5) is 4.10. The van der Waals surface area contributed by atoms with Gasteiger partial charge >= 0.3 is 0 Å². The van der Waals surface area contributed by atoms with Gasteiger partial charge in [-0.1, -0.05) is 12.7 Å². The monoisotopic (exact) mass is 238 g/mol. The molecule has 0 spiro atoms. The average Bonchev–Trinajstić information content (AvgIpc) is 2.57. The number of hydrogen-bond acceptors (Lipinski definition) is 5. The number of aliphatic hydroxyl groups is 3. The molecule has 0 bridgehead atoms. The Kier molecular flexibility index (Phi) is 3.33. The molecule has 5 nitrogen and oxygen atoms in total. The number of dihydropyridines is 1. The van der Waals surface area contributed by atoms with Gasteiger partial charge < -0.3 is 21.1 Å². The van der Waals surface area contributed by atoms with Crippen molar-refractivity contribution in [3.8, 4) is 0 Å². The van der Waals surface area contributed by atoms with Crippen molar-refractivity contribution in [2.24, 2.45) is 22.6 Å². The van der Waals surface area contributed by atoms with Crippen molar-refractivity contribution in [2.45, 2.75) is 25.0 Å². The van der Waals surface area contributed by atoms with Gasteiger partial charge in [-0.15, -0.1) is 0 Å². The number of allylic oxidation sites excluding steroid dienone is 1. The summed E-state index contributed by atoms with van der Waals surface area (Å²) in [5.41, 5.74) is 7.27. The minimum absolute atomic E-state index is 0.133. The van der Waals surface area contributed by atoms with E-state index in [0.717, 1.165) is 5.57 Å². The smallest absolute Gasteiger partial charge is 0.126 e. The molecule has 17 heavy (non-hydrogen) atoms. The third-order valence-electron chi connectivity index (χ3n) is 3.57. The summed E-state index contributed by atoms with van der Waals surface area (Å²) in [5.74, 6) is -0.191. The number of nitrogens with two attached hydrogens (primary N) is 1. The molecular formula is C12H18N2O3. The second kappa shape index (κ2) is 4.60. The minimum atomic E-state index is -0.899. The largest absolute Gasteiger partial charge is 0.396 e. The zero-order chi connectivity index (χ0) is 12.6. The molecule has 0 aromatic carbocycles. The van der Waals surface area contributed by atoms with Gasteiger partial charge in [0, 0.05) is 30.6 Å². The van der Waals surface area contributed by atoms with Crippen molar-refractivity contribution in [1.82, 2.24) is 0 Å². The molecule has 4 atom stereocenters. The Labute approximate surface area is 100.0 Å². The Hall–Kier alpha value is -1.17. The van der Waals surface area contributed by atoms with Crippen LogP contribution in [0.5, 0.6) is 0 Å². The van der Waals surface area contributed by atoms with Crippen LogP contribution in [0.15, 0.2) is 28.9 Å². The molecule has 0 amide bonds. The quantitative estimate of drug-likeness (QED) is 0.523. The van der Waals surface area contributed by atoms with E-state index < -0.39 is 12.2 Å². The van der Waals surface area contributed by atoms with Crippen LogP contribution < -0.4 is 5.73 Å². The van der Waals surface area contributed by atoms with Crippen LogP contribution in [0.2, 0.25) is 0 Å². The zero-order valence-corrected chi connectivity index (χ0v) is 9.58. The van der Waals surface area contributed by atoms with Crippen LogP contribution in [0, 0.1) is 11.8 Å². The first-order valence-corrected chi connectivity index (χ1v) is 5.74. The van der Waals surface area contributed by atoms with Crippen molar-refractivity contribution in [1.29, 1.82) is 0 Å². The maximum atomic E-state index is 9.96. The van der Waals surface area contributed by atoms with E-state index in [1.54, 1.807) is 0 Å². The van der Waals surface area contributed by atoms with Gasteiger partial charge in [0.15, 0.2) is 0 Å².